The molecule has 0 spiro atoms. The van der Waals surface area contributed by atoms with Gasteiger partial charge in [-0.25, -0.2) is 9.97 Å². The normalized spacial score (nSPS) is 14.7. The quantitative estimate of drug-likeness (QED) is 0.318. The lowest BCUT2D eigenvalue weighted by Crippen LogP contribution is -2.12. The van der Waals surface area contributed by atoms with Gasteiger partial charge in [0.2, 0.25) is 0 Å². The van der Waals surface area contributed by atoms with Crippen LogP contribution in [0, 0.1) is 0 Å². The Bertz CT molecular complexity index is 1410. The molecule has 0 saturated carbocycles. The lowest BCUT2D eigenvalue weighted by atomic mass is 10.2. The van der Waals surface area contributed by atoms with Gasteiger partial charge in [0.25, 0.3) is 0 Å². The second-order valence-electron chi connectivity index (χ2n) is 7.37. The van der Waals surface area contributed by atoms with E-state index in [1.807, 2.05) is 60.7 Å². The van der Waals surface area contributed by atoms with Crippen LogP contribution < -0.4 is 10.4 Å². The molecule has 0 atom stereocenters. The molecule has 0 saturated heterocycles. The van der Waals surface area contributed by atoms with Gasteiger partial charge in [-0.2, -0.15) is 0 Å². The summed E-state index contributed by atoms with van der Waals surface area (Å²) in [6.45, 7) is 3.27. The number of rotatable bonds is 0. The third-order valence-corrected chi connectivity index (χ3v) is 5.12. The first kappa shape index (κ1) is 18.0. The summed E-state index contributed by atoms with van der Waals surface area (Å²) in [5.74, 6) is 0.316. The van der Waals surface area contributed by atoms with Crippen LogP contribution in [0.1, 0.15) is 36.6 Å². The third-order valence-electron chi connectivity index (χ3n) is 5.12. The summed E-state index contributed by atoms with van der Waals surface area (Å²) in [5.41, 5.74) is 6.17. The molecule has 5 rings (SSSR count). The molecule has 2 aliphatic heterocycles. The van der Waals surface area contributed by atoms with Crippen molar-refractivity contribution in [3.8, 4) is 0 Å². The molecule has 0 amide bonds. The Labute approximate surface area is 171 Å². The van der Waals surface area contributed by atoms with Gasteiger partial charge >= 0.3 is 0 Å². The molecule has 5 heterocycles. The first-order valence-corrected chi connectivity index (χ1v) is 9.64. The topological polar surface area (TPSA) is 97.8 Å². The van der Waals surface area contributed by atoms with Gasteiger partial charge in [0.05, 0.1) is 44.2 Å². The van der Waals surface area contributed by atoms with Crippen LogP contribution in [-0.2, 0) is 0 Å². The smallest absolute Gasteiger partial charge is 0.101 e. The Morgan fingerprint density at radius 3 is 1.57 bits per heavy atom. The van der Waals surface area contributed by atoms with Crippen molar-refractivity contribution in [1.29, 1.82) is 0 Å². The minimum Gasteiger partial charge on any atom is -0.512 e. The van der Waals surface area contributed by atoms with E-state index in [4.69, 9.17) is 0 Å². The van der Waals surface area contributed by atoms with Crippen LogP contribution in [-0.4, -0.2) is 30.1 Å². The van der Waals surface area contributed by atoms with Crippen molar-refractivity contribution in [2.24, 2.45) is 0 Å². The molecular formula is C24H20N4O2. The Balaban J connectivity index is 2.03. The zero-order chi connectivity index (χ0) is 20.8. The highest BCUT2D eigenvalue weighted by Crippen LogP contribution is 2.14. The summed E-state index contributed by atoms with van der Waals surface area (Å²) in [6.07, 6.45) is 7.60. The maximum atomic E-state index is 10.4. The number of hydrogen-bond donors (Lipinski definition) is 4. The maximum absolute atomic E-state index is 10.4. The first-order chi connectivity index (χ1) is 14.5. The summed E-state index contributed by atoms with van der Waals surface area (Å²) in [7, 11) is 0. The number of aromatic amines is 2. The maximum Gasteiger partial charge on any atom is 0.101 e. The summed E-state index contributed by atoms with van der Waals surface area (Å²) >= 11 is 0. The van der Waals surface area contributed by atoms with Gasteiger partial charge in [-0.3, -0.25) is 0 Å². The predicted molar refractivity (Wildman–Crippen MR) is 122 cm³/mol. The number of aliphatic hydroxyl groups is 2. The highest BCUT2D eigenvalue weighted by molar-refractivity contribution is 5.79. The predicted octanol–water partition coefficient (Wildman–Crippen LogP) is 4.03. The number of nitrogens with zero attached hydrogens (tertiary/aromatic N) is 2. The van der Waals surface area contributed by atoms with E-state index in [0.717, 1.165) is 22.4 Å². The number of aliphatic hydroxyl groups excluding tert-OH is 2. The summed E-state index contributed by atoms with van der Waals surface area (Å²) in [5, 5.41) is 22.0. The monoisotopic (exact) mass is 396 g/mol. The Morgan fingerprint density at radius 2 is 1.13 bits per heavy atom. The van der Waals surface area contributed by atoms with E-state index in [1.165, 1.54) is 0 Å². The van der Waals surface area contributed by atoms with Gasteiger partial charge in [0, 0.05) is 11.0 Å². The standard InChI is InChI=1S/C24H20N4O2/c1-13(29)23-19-7-5-17(26-19)11-15-3-4-16(25-15)12-18-6-8-20(27-18)24(14(2)30)22-10-9-21(23)28-22/h3-12,25,28-30H,1-2H3. The lowest BCUT2D eigenvalue weighted by molar-refractivity contribution is 0.498. The fraction of sp³-hybridized carbons (Fsp3) is 0.0833. The molecule has 30 heavy (non-hydrogen) atoms. The van der Waals surface area contributed by atoms with Crippen LogP contribution >= 0.6 is 0 Å². The van der Waals surface area contributed by atoms with Crippen LogP contribution in [0.4, 0.5) is 0 Å². The van der Waals surface area contributed by atoms with Gasteiger partial charge in [-0.1, -0.05) is 0 Å². The van der Waals surface area contributed by atoms with Crippen molar-refractivity contribution in [3.05, 3.63) is 69.6 Å². The summed E-state index contributed by atoms with van der Waals surface area (Å²) in [6, 6.07) is 11.6. The Kier molecular flexibility index (Phi) is 4.06. The lowest BCUT2D eigenvalue weighted by Gasteiger charge is -1.95. The van der Waals surface area contributed by atoms with E-state index in [0.29, 0.717) is 32.9 Å². The third kappa shape index (κ3) is 3.08. The number of nitrogens with one attached hydrogen (secondary N) is 2. The molecule has 3 aromatic rings. The molecule has 6 nitrogen and oxygen atoms in total. The second-order valence-corrected chi connectivity index (χ2v) is 7.37. The molecule has 6 heteroatoms. The van der Waals surface area contributed by atoms with Crippen LogP contribution in [0.25, 0.3) is 57.9 Å². The van der Waals surface area contributed by atoms with Gasteiger partial charge in [0.15, 0.2) is 0 Å². The van der Waals surface area contributed by atoms with Gasteiger partial charge < -0.3 is 20.2 Å². The molecule has 0 aromatic carbocycles. The number of fused-ring (bicyclic) bond motifs is 8. The molecule has 0 fully saturated rings. The molecule has 3 aromatic heterocycles. The molecule has 8 bridgehead atoms. The highest BCUT2D eigenvalue weighted by atomic mass is 16.3. The van der Waals surface area contributed by atoms with Crippen molar-refractivity contribution in [1.82, 2.24) is 19.9 Å². The summed E-state index contributed by atoms with van der Waals surface area (Å²) in [4.78, 5) is 16.0. The number of aromatic nitrogens is 4. The minimum atomic E-state index is 0.158. The zero-order valence-corrected chi connectivity index (χ0v) is 16.6. The number of H-pyrrole nitrogens is 2. The highest BCUT2D eigenvalue weighted by Gasteiger charge is 2.08. The van der Waals surface area contributed by atoms with Crippen molar-refractivity contribution in [2.75, 3.05) is 0 Å². The average Bonchev–Trinajstić information content (AvgIpc) is 3.46. The molecule has 2 aliphatic rings. The molecule has 0 unspecified atom stereocenters. The van der Waals surface area contributed by atoms with Crippen LogP contribution in [0.3, 0.4) is 0 Å². The number of hydrogen-bond acceptors (Lipinski definition) is 4. The summed E-state index contributed by atoms with van der Waals surface area (Å²) < 4.78 is 0. The molecule has 4 N–H and O–H groups in total. The van der Waals surface area contributed by atoms with Crippen LogP contribution in [0.15, 0.2) is 36.4 Å². The van der Waals surface area contributed by atoms with E-state index in [1.54, 1.807) is 13.8 Å². The van der Waals surface area contributed by atoms with Crippen LogP contribution in [0.5, 0.6) is 0 Å². The van der Waals surface area contributed by atoms with E-state index in [9.17, 15) is 10.2 Å². The van der Waals surface area contributed by atoms with E-state index >= 15 is 0 Å². The Morgan fingerprint density at radius 1 is 0.667 bits per heavy atom. The fourth-order valence-corrected chi connectivity index (χ4v) is 3.83. The fourth-order valence-electron chi connectivity index (χ4n) is 3.83. The molecular weight excluding hydrogens is 376 g/mol. The van der Waals surface area contributed by atoms with Gasteiger partial charge in [-0.15, -0.1) is 0 Å². The zero-order valence-electron chi connectivity index (χ0n) is 16.6. The van der Waals surface area contributed by atoms with Crippen molar-refractivity contribution in [3.63, 3.8) is 0 Å². The molecule has 0 aliphatic carbocycles. The van der Waals surface area contributed by atoms with E-state index in [2.05, 4.69) is 19.9 Å². The Hall–Kier alpha value is -4.06. The SMILES string of the molecule is CC(O)=c1c2nc(cc3ccc(cc4nc(c(=C(C)O)c5ccc1[nH]5)C=C4)[nH]3)C=C2. The second kappa shape index (κ2) is 6.77. The molecule has 148 valence electrons. The van der Waals surface area contributed by atoms with Gasteiger partial charge in [0.1, 0.15) is 11.5 Å². The van der Waals surface area contributed by atoms with Crippen molar-refractivity contribution < 1.29 is 10.2 Å². The average molecular weight is 396 g/mol. The van der Waals surface area contributed by atoms with Crippen molar-refractivity contribution in [2.45, 2.75) is 13.8 Å². The largest absolute Gasteiger partial charge is 0.512 e. The van der Waals surface area contributed by atoms with E-state index < -0.39 is 0 Å². The van der Waals surface area contributed by atoms with E-state index in [-0.39, 0.29) is 11.5 Å². The van der Waals surface area contributed by atoms with Crippen molar-refractivity contribution >= 4 is 57.9 Å². The van der Waals surface area contributed by atoms with Gasteiger partial charge in [-0.05, 0) is 74.5 Å². The molecule has 0 radical (unpaired) electrons. The van der Waals surface area contributed by atoms with Crippen LogP contribution in [0.2, 0.25) is 0 Å². The first-order valence-electron chi connectivity index (χ1n) is 9.64. The minimum absolute atomic E-state index is 0.158.